The van der Waals surface area contributed by atoms with Crippen LogP contribution in [-0.4, -0.2) is 47.0 Å². The van der Waals surface area contributed by atoms with E-state index in [2.05, 4.69) is 17.9 Å². The summed E-state index contributed by atoms with van der Waals surface area (Å²) in [6, 6.07) is 8.15. The summed E-state index contributed by atoms with van der Waals surface area (Å²) in [6.07, 6.45) is 0.898. The fourth-order valence-electron chi connectivity index (χ4n) is 3.05. The van der Waals surface area contributed by atoms with Crippen molar-refractivity contribution in [3.8, 4) is 0 Å². The molecule has 0 aliphatic carbocycles. The number of fused-ring (bicyclic) bond motifs is 1. The molecule has 2 heterocycles. The minimum absolute atomic E-state index is 0.0640. The third-order valence-corrected chi connectivity index (χ3v) is 4.40. The lowest BCUT2D eigenvalue weighted by Gasteiger charge is -2.32. The number of piperazine rings is 1. The van der Waals surface area contributed by atoms with E-state index in [0.29, 0.717) is 6.54 Å². The Bertz CT molecular complexity index is 758. The molecule has 2 aromatic rings. The molecule has 0 atom stereocenters. The Morgan fingerprint density at radius 3 is 2.55 bits per heavy atom. The van der Waals surface area contributed by atoms with Gasteiger partial charge >= 0.3 is 0 Å². The van der Waals surface area contributed by atoms with Crippen LogP contribution in [0.15, 0.2) is 29.1 Å². The van der Waals surface area contributed by atoms with Gasteiger partial charge in [0.15, 0.2) is 0 Å². The number of pyridine rings is 1. The molecule has 0 unspecified atom stereocenters. The molecule has 3 rings (SSSR count). The van der Waals surface area contributed by atoms with Crippen molar-refractivity contribution >= 4 is 17.3 Å². The van der Waals surface area contributed by atoms with Crippen molar-refractivity contribution in [3.05, 3.63) is 45.7 Å². The van der Waals surface area contributed by atoms with Crippen LogP contribution in [0.5, 0.6) is 0 Å². The highest BCUT2D eigenvalue weighted by atomic mass is 16.1. The van der Waals surface area contributed by atoms with Gasteiger partial charge in [-0.25, -0.2) is 0 Å². The maximum Gasteiger partial charge on any atom is 0.255 e. The van der Waals surface area contributed by atoms with Crippen molar-refractivity contribution in [2.75, 3.05) is 26.2 Å². The van der Waals surface area contributed by atoms with Crippen molar-refractivity contribution in [1.29, 1.82) is 0 Å². The quantitative estimate of drug-likeness (QED) is 0.798. The number of carbonyl (C=O) groups is 1. The predicted octanol–water partition coefficient (Wildman–Crippen LogP) is 1.12. The summed E-state index contributed by atoms with van der Waals surface area (Å²) in [7, 11) is 1.83. The Balaban J connectivity index is 1.89. The maximum absolute atomic E-state index is 12.5. The molecular formula is C17H21N3O2. The van der Waals surface area contributed by atoms with Crippen LogP contribution in [0.4, 0.5) is 0 Å². The number of amides is 1. The van der Waals surface area contributed by atoms with Crippen LogP contribution >= 0.6 is 0 Å². The Morgan fingerprint density at radius 1 is 1.14 bits per heavy atom. The summed E-state index contributed by atoms with van der Waals surface area (Å²) in [6.45, 7) is 5.79. The van der Waals surface area contributed by atoms with Gasteiger partial charge in [0.05, 0.1) is 5.52 Å². The number of hydrogen-bond donors (Lipinski definition) is 0. The number of benzene rings is 1. The van der Waals surface area contributed by atoms with Crippen LogP contribution in [0.25, 0.3) is 10.9 Å². The third kappa shape index (κ3) is 2.76. The zero-order valence-electron chi connectivity index (χ0n) is 13.1. The first-order valence-corrected chi connectivity index (χ1v) is 7.59. The van der Waals surface area contributed by atoms with Crippen LogP contribution in [-0.2, 0) is 18.4 Å². The van der Waals surface area contributed by atoms with Crippen molar-refractivity contribution in [2.45, 2.75) is 13.5 Å². The highest BCUT2D eigenvalue weighted by Crippen LogP contribution is 2.16. The lowest BCUT2D eigenvalue weighted by atomic mass is 10.1. The van der Waals surface area contributed by atoms with Crippen molar-refractivity contribution in [1.82, 2.24) is 14.4 Å². The van der Waals surface area contributed by atoms with Crippen LogP contribution in [0.3, 0.4) is 0 Å². The molecule has 0 radical (unpaired) electrons. The number of nitrogens with zero attached hydrogens (tertiary/aromatic N) is 3. The van der Waals surface area contributed by atoms with Crippen LogP contribution in [0, 0.1) is 6.92 Å². The average Bonchev–Trinajstić information content (AvgIpc) is 2.53. The predicted molar refractivity (Wildman–Crippen MR) is 86.8 cm³/mol. The summed E-state index contributed by atoms with van der Waals surface area (Å²) >= 11 is 0. The molecule has 1 saturated heterocycles. The van der Waals surface area contributed by atoms with Gasteiger partial charge in [-0.05, 0) is 30.5 Å². The van der Waals surface area contributed by atoms with Crippen LogP contribution < -0.4 is 5.56 Å². The summed E-state index contributed by atoms with van der Waals surface area (Å²) in [5.41, 5.74) is 3.04. The molecule has 0 saturated carbocycles. The molecule has 1 aliphatic heterocycles. The van der Waals surface area contributed by atoms with Gasteiger partial charge in [-0.2, -0.15) is 0 Å². The molecule has 1 fully saturated rings. The molecule has 0 N–H and O–H groups in total. The van der Waals surface area contributed by atoms with E-state index < -0.39 is 0 Å². The lowest BCUT2D eigenvalue weighted by Crippen LogP contribution is -2.45. The molecule has 1 amide bonds. The van der Waals surface area contributed by atoms with Gasteiger partial charge in [0.2, 0.25) is 6.41 Å². The van der Waals surface area contributed by atoms with Gasteiger partial charge in [0.25, 0.3) is 5.56 Å². The molecule has 22 heavy (non-hydrogen) atoms. The monoisotopic (exact) mass is 299 g/mol. The maximum atomic E-state index is 12.5. The van der Waals surface area contributed by atoms with Gasteiger partial charge in [0, 0.05) is 45.3 Å². The number of rotatable bonds is 3. The van der Waals surface area contributed by atoms with Crippen LogP contribution in [0.2, 0.25) is 0 Å². The number of aromatic nitrogens is 1. The summed E-state index contributed by atoms with van der Waals surface area (Å²) in [5, 5.41) is 1.10. The van der Waals surface area contributed by atoms with Crippen molar-refractivity contribution < 1.29 is 4.79 Å². The van der Waals surface area contributed by atoms with Gasteiger partial charge in [-0.3, -0.25) is 14.5 Å². The second-order valence-electron chi connectivity index (χ2n) is 6.01. The topological polar surface area (TPSA) is 45.6 Å². The number of hydrogen-bond acceptors (Lipinski definition) is 3. The molecule has 5 heteroatoms. The molecule has 1 aromatic heterocycles. The average molecular weight is 299 g/mol. The van der Waals surface area contributed by atoms with E-state index >= 15 is 0 Å². The van der Waals surface area contributed by atoms with E-state index in [1.54, 1.807) is 9.47 Å². The Labute approximate surface area is 129 Å². The summed E-state index contributed by atoms with van der Waals surface area (Å²) in [5.74, 6) is 0. The second-order valence-corrected chi connectivity index (χ2v) is 6.01. The van der Waals surface area contributed by atoms with Crippen LogP contribution in [0.1, 0.15) is 11.1 Å². The van der Waals surface area contributed by atoms with E-state index in [0.717, 1.165) is 49.1 Å². The third-order valence-electron chi connectivity index (χ3n) is 4.40. The highest BCUT2D eigenvalue weighted by Gasteiger charge is 2.17. The fraction of sp³-hybridized carbons (Fsp3) is 0.412. The largest absolute Gasteiger partial charge is 0.343 e. The lowest BCUT2D eigenvalue weighted by molar-refractivity contribution is -0.119. The van der Waals surface area contributed by atoms with E-state index in [1.165, 1.54) is 5.56 Å². The Hall–Kier alpha value is -2.14. The Morgan fingerprint density at radius 2 is 1.86 bits per heavy atom. The minimum Gasteiger partial charge on any atom is -0.343 e. The smallest absolute Gasteiger partial charge is 0.255 e. The fourth-order valence-corrected chi connectivity index (χ4v) is 3.05. The summed E-state index contributed by atoms with van der Waals surface area (Å²) in [4.78, 5) is 27.3. The minimum atomic E-state index is 0.0640. The SMILES string of the molecule is Cc1ccc2c(c1)cc(CN1CCN(C=O)CC1)c(=O)n2C. The van der Waals surface area contributed by atoms with Gasteiger partial charge < -0.3 is 9.47 Å². The molecule has 1 aliphatic rings. The van der Waals surface area contributed by atoms with E-state index in [-0.39, 0.29) is 5.56 Å². The first-order chi connectivity index (χ1) is 10.6. The van der Waals surface area contributed by atoms with Crippen molar-refractivity contribution in [3.63, 3.8) is 0 Å². The zero-order valence-corrected chi connectivity index (χ0v) is 13.1. The van der Waals surface area contributed by atoms with E-state index in [9.17, 15) is 9.59 Å². The first kappa shape index (κ1) is 14.8. The molecule has 116 valence electrons. The zero-order chi connectivity index (χ0) is 15.7. The highest BCUT2D eigenvalue weighted by molar-refractivity contribution is 5.80. The normalized spacial score (nSPS) is 16.2. The first-order valence-electron chi connectivity index (χ1n) is 7.59. The number of carbonyl (C=O) groups excluding carboxylic acids is 1. The molecule has 5 nitrogen and oxygen atoms in total. The standard InChI is InChI=1S/C17H21N3O2/c1-13-3-4-16-14(9-13)10-15(17(22)18(16)2)11-19-5-7-20(12-21)8-6-19/h3-4,9-10,12H,5-8,11H2,1-2H3. The van der Waals surface area contributed by atoms with E-state index in [1.807, 2.05) is 25.2 Å². The van der Waals surface area contributed by atoms with Crippen molar-refractivity contribution in [2.24, 2.45) is 7.05 Å². The molecular weight excluding hydrogens is 278 g/mol. The second kappa shape index (κ2) is 5.93. The molecule has 0 spiro atoms. The van der Waals surface area contributed by atoms with Gasteiger partial charge in [-0.15, -0.1) is 0 Å². The Kier molecular flexibility index (Phi) is 3.98. The van der Waals surface area contributed by atoms with E-state index in [4.69, 9.17) is 0 Å². The van der Waals surface area contributed by atoms with Gasteiger partial charge in [-0.1, -0.05) is 11.6 Å². The molecule has 0 bridgehead atoms. The van der Waals surface area contributed by atoms with Gasteiger partial charge in [0.1, 0.15) is 0 Å². The number of aryl methyl sites for hydroxylation is 2. The summed E-state index contributed by atoms with van der Waals surface area (Å²) < 4.78 is 1.73. The molecule has 1 aromatic carbocycles.